The zero-order valence-corrected chi connectivity index (χ0v) is 23.7. The smallest absolute Gasteiger partial charge is 0.191 e. The molecule has 0 fully saturated rings. The number of unbranched alkanes of at least 4 members (excludes halogenated alkanes) is 16. The van der Waals surface area contributed by atoms with Gasteiger partial charge in [-0.1, -0.05) is 156 Å². The van der Waals surface area contributed by atoms with E-state index in [4.69, 9.17) is 0 Å². The third-order valence-corrected chi connectivity index (χ3v) is 14.2. The fourth-order valence-electron chi connectivity index (χ4n) is 5.58. The normalized spacial score (nSPS) is 11.6. The van der Waals surface area contributed by atoms with Gasteiger partial charge in [0.05, 0.1) is 0 Å². The van der Waals surface area contributed by atoms with Crippen molar-refractivity contribution in [1.29, 1.82) is 0 Å². The molecule has 0 aromatic rings. The molecule has 0 aromatic carbocycles. The van der Waals surface area contributed by atoms with Gasteiger partial charge in [0.25, 0.3) is 0 Å². The van der Waals surface area contributed by atoms with E-state index in [1.54, 1.807) is 40.4 Å². The summed E-state index contributed by atoms with van der Waals surface area (Å²) in [6.07, 6.45) is 29.7. The Morgan fingerprint density at radius 3 is 0.833 bits per heavy atom. The molecular formula is C28H60AlLi. The molecular weight excluding hydrogens is 370 g/mol. The zero-order valence-electron chi connectivity index (χ0n) is 22.5. The van der Waals surface area contributed by atoms with Crippen LogP contribution in [0.25, 0.3) is 0 Å². The fraction of sp³-hybridized carbons (Fsp3) is 1.00. The van der Waals surface area contributed by atoms with Crippen molar-refractivity contribution in [3.8, 4) is 0 Å². The third kappa shape index (κ3) is 21.0. The summed E-state index contributed by atoms with van der Waals surface area (Å²) < 4.78 is 0. The monoisotopic (exact) mass is 430 g/mol. The zero-order chi connectivity index (χ0) is 21.5. The molecule has 0 nitrogen and oxygen atoms in total. The first-order chi connectivity index (χ1) is 14.2. The fourth-order valence-corrected chi connectivity index (χ4v) is 12.0. The Morgan fingerprint density at radius 2 is 0.533 bits per heavy atom. The first kappa shape index (κ1) is 33.3. The van der Waals surface area contributed by atoms with E-state index < -0.39 is 13.1 Å². The van der Waals surface area contributed by atoms with Gasteiger partial charge >= 0.3 is 18.9 Å². The average Bonchev–Trinajstić information content (AvgIpc) is 2.74. The predicted molar refractivity (Wildman–Crippen MR) is 140 cm³/mol. The maximum Gasteiger partial charge on any atom is 1.00 e. The van der Waals surface area contributed by atoms with Crippen LogP contribution in [0.1, 0.15) is 156 Å². The topological polar surface area (TPSA) is 0 Å². The summed E-state index contributed by atoms with van der Waals surface area (Å²) in [6, 6.07) is 0. The summed E-state index contributed by atoms with van der Waals surface area (Å²) in [5.74, 6) is 0. The van der Waals surface area contributed by atoms with E-state index in [0.717, 1.165) is 0 Å². The molecule has 0 rings (SSSR count). The van der Waals surface area contributed by atoms with Crippen molar-refractivity contribution < 1.29 is 18.9 Å². The summed E-state index contributed by atoms with van der Waals surface area (Å²) in [5, 5.41) is 6.78. The van der Waals surface area contributed by atoms with Gasteiger partial charge in [0.1, 0.15) is 13.1 Å². The second-order valence-corrected chi connectivity index (χ2v) is 16.3. The first-order valence-electron chi connectivity index (χ1n) is 14.5. The van der Waals surface area contributed by atoms with Gasteiger partial charge in [-0.2, -0.15) is 21.1 Å². The molecule has 0 aromatic heterocycles. The molecule has 0 atom stereocenters. The van der Waals surface area contributed by atoms with Crippen molar-refractivity contribution in [3.63, 3.8) is 0 Å². The molecule has 0 saturated heterocycles. The van der Waals surface area contributed by atoms with Crippen molar-refractivity contribution in [2.75, 3.05) is 0 Å². The summed E-state index contributed by atoms with van der Waals surface area (Å²) >= 11 is -1.36. The van der Waals surface area contributed by atoms with Gasteiger partial charge in [-0.3, -0.25) is 0 Å². The van der Waals surface area contributed by atoms with Gasteiger partial charge in [-0.25, -0.2) is 0 Å². The van der Waals surface area contributed by atoms with Crippen LogP contribution in [0.4, 0.5) is 0 Å². The van der Waals surface area contributed by atoms with Crippen molar-refractivity contribution in [2.24, 2.45) is 0 Å². The molecule has 0 unspecified atom stereocenters. The van der Waals surface area contributed by atoms with Crippen LogP contribution < -0.4 is 18.9 Å². The molecule has 0 heterocycles. The quantitative estimate of drug-likeness (QED) is 0.107. The minimum absolute atomic E-state index is 0. The molecule has 0 radical (unpaired) electrons. The van der Waals surface area contributed by atoms with E-state index in [0.29, 0.717) is 0 Å². The Bertz CT molecular complexity index is 264. The van der Waals surface area contributed by atoms with Gasteiger partial charge in [0, 0.05) is 0 Å². The number of hydrogen-bond acceptors (Lipinski definition) is 0. The molecule has 0 saturated carbocycles. The standard InChI is InChI=1S/3C8H17.C4H9.Al.Li/c3*1-3-5-7-8-6-4-2;1-3-4-2;;/h3*1,3-8H2,2H3;1,3-4H2,2H3;;/q;;;;-1;+1. The second kappa shape index (κ2) is 26.4. The first-order valence-corrected chi connectivity index (χ1v) is 17.7. The molecule has 0 aliphatic rings. The van der Waals surface area contributed by atoms with Gasteiger partial charge in [-0.05, 0) is 0 Å². The minimum Gasteiger partial charge on any atom is -0.191 e. The Labute approximate surface area is 208 Å². The molecule has 0 amide bonds. The summed E-state index contributed by atoms with van der Waals surface area (Å²) in [4.78, 5) is 0. The van der Waals surface area contributed by atoms with E-state index >= 15 is 0 Å². The van der Waals surface area contributed by atoms with Crippen LogP contribution in [0.3, 0.4) is 0 Å². The van der Waals surface area contributed by atoms with Gasteiger partial charge in [0.2, 0.25) is 0 Å². The second-order valence-electron chi connectivity index (χ2n) is 10.5. The molecule has 30 heavy (non-hydrogen) atoms. The van der Waals surface area contributed by atoms with Gasteiger partial charge < -0.3 is 0 Å². The largest absolute Gasteiger partial charge is 1.00 e. The Morgan fingerprint density at radius 1 is 0.300 bits per heavy atom. The SMILES string of the molecule is CCCCCCC[CH2][Al-]([CH2]CCC)([CH2]CCCCCCC)[CH2]CCCCCCC.[Li+]. The molecule has 176 valence electrons. The molecule has 0 spiro atoms. The predicted octanol–water partition coefficient (Wildman–Crippen LogP) is 8.32. The van der Waals surface area contributed by atoms with E-state index in [2.05, 4.69) is 27.7 Å². The van der Waals surface area contributed by atoms with Crippen LogP contribution >= 0.6 is 0 Å². The maximum absolute atomic E-state index is 2.42. The van der Waals surface area contributed by atoms with Crippen molar-refractivity contribution in [2.45, 2.75) is 177 Å². The van der Waals surface area contributed by atoms with Crippen molar-refractivity contribution in [3.05, 3.63) is 0 Å². The van der Waals surface area contributed by atoms with Crippen molar-refractivity contribution >= 4 is 13.1 Å². The summed E-state index contributed by atoms with van der Waals surface area (Å²) in [6.45, 7) is 9.44. The van der Waals surface area contributed by atoms with Crippen LogP contribution in [0.2, 0.25) is 21.1 Å². The van der Waals surface area contributed by atoms with E-state index in [1.807, 2.05) is 0 Å². The van der Waals surface area contributed by atoms with Crippen molar-refractivity contribution in [1.82, 2.24) is 0 Å². The van der Waals surface area contributed by atoms with Crippen LogP contribution in [0.15, 0.2) is 0 Å². The van der Waals surface area contributed by atoms with Crippen LogP contribution in [0.5, 0.6) is 0 Å². The van der Waals surface area contributed by atoms with E-state index in [-0.39, 0.29) is 18.9 Å². The average molecular weight is 431 g/mol. The van der Waals surface area contributed by atoms with Crippen LogP contribution in [0, 0.1) is 0 Å². The molecule has 0 N–H and O–H groups in total. The number of rotatable bonds is 24. The van der Waals surface area contributed by atoms with Crippen LogP contribution in [-0.4, -0.2) is 13.1 Å². The Hall–Kier alpha value is 1.13. The molecule has 2 heteroatoms. The maximum atomic E-state index is 2.42. The summed E-state index contributed by atoms with van der Waals surface area (Å²) in [5.41, 5.74) is 0. The van der Waals surface area contributed by atoms with Crippen LogP contribution in [-0.2, 0) is 0 Å². The third-order valence-electron chi connectivity index (χ3n) is 7.68. The number of hydrogen-bond donors (Lipinski definition) is 0. The molecule has 0 aliphatic carbocycles. The van der Waals surface area contributed by atoms with E-state index in [9.17, 15) is 0 Å². The van der Waals surface area contributed by atoms with Gasteiger partial charge in [0.15, 0.2) is 0 Å². The summed E-state index contributed by atoms with van der Waals surface area (Å²) in [7, 11) is 0. The minimum atomic E-state index is -1.36. The Kier molecular flexibility index (Phi) is 29.3. The molecule has 0 aliphatic heterocycles. The van der Waals surface area contributed by atoms with E-state index in [1.165, 1.54) is 109 Å². The Balaban J connectivity index is 0. The molecule has 0 bridgehead atoms. The van der Waals surface area contributed by atoms with Gasteiger partial charge in [-0.15, -0.1) is 0 Å².